The quantitative estimate of drug-likeness (QED) is 0.582. The van der Waals surface area contributed by atoms with Crippen molar-refractivity contribution in [3.05, 3.63) is 0 Å². The summed E-state index contributed by atoms with van der Waals surface area (Å²) in [5, 5.41) is 12.7. The molecular formula is C11H22N4S2. The molecular weight excluding hydrogens is 252 g/mol. The molecule has 0 aliphatic rings. The van der Waals surface area contributed by atoms with Crippen LogP contribution in [0.2, 0.25) is 0 Å². The molecule has 17 heavy (non-hydrogen) atoms. The maximum Gasteiger partial charge on any atom is 0.208 e. The van der Waals surface area contributed by atoms with Crippen LogP contribution < -0.4 is 10.2 Å². The van der Waals surface area contributed by atoms with Gasteiger partial charge in [-0.25, -0.2) is 0 Å². The lowest BCUT2D eigenvalue weighted by atomic mass is 10.2. The van der Waals surface area contributed by atoms with Crippen LogP contribution in [0, 0.1) is 0 Å². The lowest BCUT2D eigenvalue weighted by Crippen LogP contribution is -2.25. The third-order valence-corrected chi connectivity index (χ3v) is 4.65. The number of nitrogens with one attached hydrogen (secondary N) is 1. The second-order valence-electron chi connectivity index (χ2n) is 4.19. The van der Waals surface area contributed by atoms with Crippen molar-refractivity contribution in [2.24, 2.45) is 0 Å². The van der Waals surface area contributed by atoms with Crippen molar-refractivity contribution in [2.45, 2.75) is 37.1 Å². The molecule has 0 radical (unpaired) electrons. The van der Waals surface area contributed by atoms with E-state index in [9.17, 15) is 0 Å². The van der Waals surface area contributed by atoms with Crippen LogP contribution in [0.25, 0.3) is 0 Å². The lowest BCUT2D eigenvalue weighted by Gasteiger charge is -2.10. The standard InChI is InChI=1S/C11H22N4S2/c1-5-12-9(2)7-6-8-16-11-14-13-10(17-11)15(3)4/h9,12H,5-8H2,1-4H3. The summed E-state index contributed by atoms with van der Waals surface area (Å²) in [4.78, 5) is 2.00. The van der Waals surface area contributed by atoms with Crippen molar-refractivity contribution in [1.29, 1.82) is 0 Å². The molecule has 0 fully saturated rings. The first-order valence-electron chi connectivity index (χ1n) is 6.00. The average molecular weight is 274 g/mol. The van der Waals surface area contributed by atoms with Crippen LogP contribution in [0.4, 0.5) is 5.13 Å². The molecule has 6 heteroatoms. The van der Waals surface area contributed by atoms with Gasteiger partial charge in [0.05, 0.1) is 0 Å². The fourth-order valence-corrected chi connectivity index (χ4v) is 3.24. The fourth-order valence-electron chi connectivity index (χ4n) is 1.44. The molecule has 1 atom stereocenters. The summed E-state index contributed by atoms with van der Waals surface area (Å²) in [6.07, 6.45) is 2.44. The van der Waals surface area contributed by atoms with E-state index in [-0.39, 0.29) is 0 Å². The first-order chi connectivity index (χ1) is 8.13. The second-order valence-corrected chi connectivity index (χ2v) is 6.49. The minimum absolute atomic E-state index is 0.618. The maximum atomic E-state index is 4.16. The number of hydrogen-bond donors (Lipinski definition) is 1. The van der Waals surface area contributed by atoms with Gasteiger partial charge in [0.25, 0.3) is 0 Å². The van der Waals surface area contributed by atoms with E-state index in [4.69, 9.17) is 0 Å². The minimum atomic E-state index is 0.618. The molecule has 1 aromatic rings. The van der Waals surface area contributed by atoms with E-state index >= 15 is 0 Å². The summed E-state index contributed by atoms with van der Waals surface area (Å²) in [5.41, 5.74) is 0. The molecule has 0 amide bonds. The van der Waals surface area contributed by atoms with Crippen molar-refractivity contribution in [3.8, 4) is 0 Å². The Balaban J connectivity index is 2.17. The zero-order valence-corrected chi connectivity index (χ0v) is 12.7. The number of thioether (sulfide) groups is 1. The molecule has 0 bridgehead atoms. The number of nitrogens with zero attached hydrogens (tertiary/aromatic N) is 3. The molecule has 1 rings (SSSR count). The Bertz CT molecular complexity index is 314. The summed E-state index contributed by atoms with van der Waals surface area (Å²) in [5.74, 6) is 1.12. The molecule has 98 valence electrons. The van der Waals surface area contributed by atoms with E-state index in [2.05, 4.69) is 29.4 Å². The molecule has 0 spiro atoms. The van der Waals surface area contributed by atoms with E-state index in [0.717, 1.165) is 21.8 Å². The zero-order chi connectivity index (χ0) is 12.7. The van der Waals surface area contributed by atoms with Crippen molar-refractivity contribution in [1.82, 2.24) is 15.5 Å². The Morgan fingerprint density at radius 3 is 2.76 bits per heavy atom. The van der Waals surface area contributed by atoms with Gasteiger partial charge in [-0.05, 0) is 26.3 Å². The molecule has 0 aliphatic heterocycles. The van der Waals surface area contributed by atoms with E-state index in [1.54, 1.807) is 11.3 Å². The van der Waals surface area contributed by atoms with Gasteiger partial charge in [-0.3, -0.25) is 0 Å². The Hall–Kier alpha value is -0.330. The first-order valence-corrected chi connectivity index (χ1v) is 7.80. The maximum absolute atomic E-state index is 4.16. The molecule has 4 nitrogen and oxygen atoms in total. The van der Waals surface area contributed by atoms with Gasteiger partial charge < -0.3 is 10.2 Å². The Morgan fingerprint density at radius 1 is 1.41 bits per heavy atom. The molecule has 1 unspecified atom stereocenters. The van der Waals surface area contributed by atoms with Gasteiger partial charge in [-0.2, -0.15) is 0 Å². The molecule has 1 heterocycles. The summed E-state index contributed by atoms with van der Waals surface area (Å²) in [6, 6.07) is 0.618. The molecule has 0 aliphatic carbocycles. The van der Waals surface area contributed by atoms with E-state index < -0.39 is 0 Å². The van der Waals surface area contributed by atoms with Gasteiger partial charge in [-0.15, -0.1) is 10.2 Å². The van der Waals surface area contributed by atoms with Gasteiger partial charge in [0.1, 0.15) is 0 Å². The zero-order valence-electron chi connectivity index (χ0n) is 11.1. The smallest absolute Gasteiger partial charge is 0.208 e. The van der Waals surface area contributed by atoms with Crippen molar-refractivity contribution in [3.63, 3.8) is 0 Å². The largest absolute Gasteiger partial charge is 0.353 e. The third kappa shape index (κ3) is 5.70. The highest BCUT2D eigenvalue weighted by atomic mass is 32.2. The Kier molecular flexibility index (Phi) is 6.84. The number of anilines is 1. The number of aromatic nitrogens is 2. The second kappa shape index (κ2) is 7.89. The molecule has 0 aromatic carbocycles. The van der Waals surface area contributed by atoms with Crippen molar-refractivity contribution < 1.29 is 0 Å². The van der Waals surface area contributed by atoms with Crippen LogP contribution in [-0.4, -0.2) is 42.6 Å². The first kappa shape index (κ1) is 14.7. The predicted molar refractivity (Wildman–Crippen MR) is 77.3 cm³/mol. The Labute approximate surface area is 112 Å². The fraction of sp³-hybridized carbons (Fsp3) is 0.818. The summed E-state index contributed by atoms with van der Waals surface area (Å²) in [7, 11) is 3.99. The van der Waals surface area contributed by atoms with E-state index in [1.165, 1.54) is 12.8 Å². The lowest BCUT2D eigenvalue weighted by molar-refractivity contribution is 0.526. The van der Waals surface area contributed by atoms with Crippen LogP contribution in [0.15, 0.2) is 4.34 Å². The third-order valence-electron chi connectivity index (χ3n) is 2.34. The van der Waals surface area contributed by atoms with Gasteiger partial charge in [0, 0.05) is 25.9 Å². The van der Waals surface area contributed by atoms with Crippen molar-refractivity contribution in [2.75, 3.05) is 31.3 Å². The Morgan fingerprint density at radius 2 is 2.18 bits per heavy atom. The topological polar surface area (TPSA) is 41.1 Å². The van der Waals surface area contributed by atoms with E-state index in [0.29, 0.717) is 6.04 Å². The van der Waals surface area contributed by atoms with Crippen LogP contribution in [-0.2, 0) is 0 Å². The van der Waals surface area contributed by atoms with Gasteiger partial charge in [-0.1, -0.05) is 30.0 Å². The molecule has 1 N–H and O–H groups in total. The predicted octanol–water partition coefficient (Wildman–Crippen LogP) is 2.47. The van der Waals surface area contributed by atoms with Gasteiger partial charge in [0.2, 0.25) is 5.13 Å². The van der Waals surface area contributed by atoms with Crippen LogP contribution in [0.5, 0.6) is 0 Å². The van der Waals surface area contributed by atoms with E-state index in [1.807, 2.05) is 30.8 Å². The van der Waals surface area contributed by atoms with Crippen LogP contribution in [0.1, 0.15) is 26.7 Å². The number of rotatable bonds is 8. The normalized spacial score (nSPS) is 12.7. The summed E-state index contributed by atoms with van der Waals surface area (Å²) >= 11 is 3.47. The monoisotopic (exact) mass is 274 g/mol. The van der Waals surface area contributed by atoms with Gasteiger partial charge >= 0.3 is 0 Å². The summed E-state index contributed by atoms with van der Waals surface area (Å²) < 4.78 is 1.07. The average Bonchev–Trinajstić information content (AvgIpc) is 2.73. The van der Waals surface area contributed by atoms with Crippen LogP contribution in [0.3, 0.4) is 0 Å². The number of hydrogen-bond acceptors (Lipinski definition) is 6. The van der Waals surface area contributed by atoms with Crippen LogP contribution >= 0.6 is 23.1 Å². The highest BCUT2D eigenvalue weighted by Crippen LogP contribution is 2.27. The minimum Gasteiger partial charge on any atom is -0.353 e. The summed E-state index contributed by atoms with van der Waals surface area (Å²) in [6.45, 7) is 5.44. The molecule has 0 saturated heterocycles. The molecule has 1 aromatic heterocycles. The molecule has 0 saturated carbocycles. The van der Waals surface area contributed by atoms with Gasteiger partial charge in [0.15, 0.2) is 4.34 Å². The SMILES string of the molecule is CCNC(C)CCCSc1nnc(N(C)C)s1. The highest BCUT2D eigenvalue weighted by Gasteiger charge is 2.06. The highest BCUT2D eigenvalue weighted by molar-refractivity contribution is 8.01. The van der Waals surface area contributed by atoms with Crippen molar-refractivity contribution >= 4 is 28.2 Å².